The molecule has 0 bridgehead atoms. The monoisotopic (exact) mass is 302 g/mol. The zero-order valence-corrected chi connectivity index (χ0v) is 13.0. The molecule has 0 aromatic heterocycles. The van der Waals surface area contributed by atoms with Gasteiger partial charge in [-0.15, -0.1) is 0 Å². The van der Waals surface area contributed by atoms with Crippen LogP contribution in [0, 0.1) is 12.8 Å². The number of ether oxygens (including phenoxy) is 1. The summed E-state index contributed by atoms with van der Waals surface area (Å²) in [4.78, 5) is 24.3. The highest BCUT2D eigenvalue weighted by molar-refractivity contribution is 5.99. The van der Waals surface area contributed by atoms with Crippen molar-refractivity contribution in [1.29, 1.82) is 0 Å². The lowest BCUT2D eigenvalue weighted by atomic mass is 10.1. The van der Waals surface area contributed by atoms with Gasteiger partial charge < -0.3 is 15.4 Å². The third kappa shape index (κ3) is 3.47. The van der Waals surface area contributed by atoms with Crippen molar-refractivity contribution in [3.63, 3.8) is 0 Å². The lowest BCUT2D eigenvalue weighted by molar-refractivity contribution is -0.118. The second kappa shape index (κ2) is 6.08. The van der Waals surface area contributed by atoms with E-state index >= 15 is 0 Å². The highest BCUT2D eigenvalue weighted by Crippen LogP contribution is 2.35. The van der Waals surface area contributed by atoms with Crippen LogP contribution in [-0.2, 0) is 9.53 Å². The molecule has 3 rings (SSSR count). The van der Waals surface area contributed by atoms with Gasteiger partial charge in [0, 0.05) is 23.9 Å². The summed E-state index contributed by atoms with van der Waals surface area (Å²) in [5.41, 5.74) is 2.24. The Bertz CT molecular complexity index is 596. The Hall–Kier alpha value is -1.88. The van der Waals surface area contributed by atoms with Crippen LogP contribution in [0.4, 0.5) is 5.69 Å². The van der Waals surface area contributed by atoms with E-state index in [0.717, 1.165) is 24.8 Å². The Morgan fingerprint density at radius 2 is 2.09 bits per heavy atom. The van der Waals surface area contributed by atoms with Gasteiger partial charge >= 0.3 is 0 Å². The molecule has 118 valence electrons. The van der Waals surface area contributed by atoms with Gasteiger partial charge in [-0.05, 0) is 50.8 Å². The quantitative estimate of drug-likeness (QED) is 0.847. The Morgan fingerprint density at radius 1 is 1.32 bits per heavy atom. The van der Waals surface area contributed by atoms with Crippen LogP contribution in [0.2, 0.25) is 0 Å². The molecule has 0 aliphatic heterocycles. The largest absolute Gasteiger partial charge is 0.378 e. The number of benzene rings is 1. The Balaban J connectivity index is 1.65. The van der Waals surface area contributed by atoms with Crippen molar-refractivity contribution in [2.24, 2.45) is 5.92 Å². The molecule has 2 aliphatic carbocycles. The summed E-state index contributed by atoms with van der Waals surface area (Å²) in [7, 11) is 0. The normalized spacial score (nSPS) is 23.0. The van der Waals surface area contributed by atoms with E-state index in [1.54, 1.807) is 12.1 Å². The number of rotatable bonds is 6. The molecule has 0 radical (unpaired) electrons. The Labute approximate surface area is 130 Å². The summed E-state index contributed by atoms with van der Waals surface area (Å²) in [6.07, 6.45) is 2.94. The summed E-state index contributed by atoms with van der Waals surface area (Å²) >= 11 is 0. The predicted molar refractivity (Wildman–Crippen MR) is 83.8 cm³/mol. The zero-order valence-electron chi connectivity index (χ0n) is 13.0. The number of amides is 2. The number of anilines is 1. The van der Waals surface area contributed by atoms with E-state index in [0.29, 0.717) is 23.9 Å². The van der Waals surface area contributed by atoms with Crippen molar-refractivity contribution in [3.05, 3.63) is 29.3 Å². The van der Waals surface area contributed by atoms with E-state index in [4.69, 9.17) is 4.74 Å². The number of aryl methyl sites for hydroxylation is 1. The number of carbonyl (C=O) groups excluding carboxylic acids is 2. The molecule has 2 aliphatic rings. The summed E-state index contributed by atoms with van der Waals surface area (Å²) < 4.78 is 5.44. The van der Waals surface area contributed by atoms with Crippen LogP contribution in [0.25, 0.3) is 0 Å². The van der Waals surface area contributed by atoms with Gasteiger partial charge in [-0.1, -0.05) is 6.07 Å². The number of hydrogen-bond donors (Lipinski definition) is 2. The molecule has 5 nitrogen and oxygen atoms in total. The van der Waals surface area contributed by atoms with Crippen LogP contribution < -0.4 is 10.6 Å². The molecule has 0 heterocycles. The fourth-order valence-corrected chi connectivity index (χ4v) is 2.47. The van der Waals surface area contributed by atoms with E-state index in [2.05, 4.69) is 10.6 Å². The molecule has 1 aromatic rings. The van der Waals surface area contributed by atoms with Crippen molar-refractivity contribution < 1.29 is 14.3 Å². The molecule has 2 saturated carbocycles. The van der Waals surface area contributed by atoms with Crippen LogP contribution >= 0.6 is 0 Å². The lowest BCUT2D eigenvalue weighted by Gasteiger charge is -2.11. The van der Waals surface area contributed by atoms with Crippen molar-refractivity contribution in [2.45, 2.75) is 45.3 Å². The first kappa shape index (κ1) is 15.0. The highest BCUT2D eigenvalue weighted by Gasteiger charge is 2.44. The second-order valence-electron chi connectivity index (χ2n) is 6.10. The molecule has 2 N–H and O–H groups in total. The van der Waals surface area contributed by atoms with E-state index in [1.807, 2.05) is 19.9 Å². The third-order valence-corrected chi connectivity index (χ3v) is 4.12. The molecule has 2 amide bonds. The molecule has 22 heavy (non-hydrogen) atoms. The molecule has 0 saturated heterocycles. The van der Waals surface area contributed by atoms with Crippen LogP contribution in [0.1, 0.15) is 42.1 Å². The number of carbonyl (C=O) groups is 2. The van der Waals surface area contributed by atoms with Gasteiger partial charge in [-0.25, -0.2) is 0 Å². The van der Waals surface area contributed by atoms with Gasteiger partial charge in [0.2, 0.25) is 5.91 Å². The van der Waals surface area contributed by atoms with Crippen LogP contribution in [0.3, 0.4) is 0 Å². The fraction of sp³-hybridized carbons (Fsp3) is 0.529. The summed E-state index contributed by atoms with van der Waals surface area (Å²) in [5.74, 6) is -0.166. The van der Waals surface area contributed by atoms with Crippen LogP contribution in [-0.4, -0.2) is 30.6 Å². The lowest BCUT2D eigenvalue weighted by Crippen LogP contribution is -2.25. The van der Waals surface area contributed by atoms with Gasteiger partial charge in [-0.3, -0.25) is 9.59 Å². The van der Waals surface area contributed by atoms with E-state index in [9.17, 15) is 9.59 Å². The summed E-state index contributed by atoms with van der Waals surface area (Å²) in [6, 6.07) is 5.74. The Kier molecular flexibility index (Phi) is 4.16. The maximum Gasteiger partial charge on any atom is 0.251 e. The SMILES string of the molecule is CCOC1CC1C(=O)Nc1cc(C(=O)NC2CC2)ccc1C. The number of nitrogens with one attached hydrogen (secondary N) is 2. The van der Waals surface area contributed by atoms with Gasteiger partial charge in [0.25, 0.3) is 5.91 Å². The predicted octanol–water partition coefficient (Wildman–Crippen LogP) is 2.25. The van der Waals surface area contributed by atoms with E-state index in [1.165, 1.54) is 0 Å². The minimum Gasteiger partial charge on any atom is -0.378 e. The smallest absolute Gasteiger partial charge is 0.251 e. The van der Waals surface area contributed by atoms with E-state index < -0.39 is 0 Å². The average Bonchev–Trinajstić information content (AvgIpc) is 3.37. The molecule has 2 fully saturated rings. The first-order valence-electron chi connectivity index (χ1n) is 7.92. The summed E-state index contributed by atoms with van der Waals surface area (Å²) in [6.45, 7) is 4.48. The fourth-order valence-electron chi connectivity index (χ4n) is 2.47. The van der Waals surface area contributed by atoms with E-state index in [-0.39, 0.29) is 23.8 Å². The van der Waals surface area contributed by atoms with Crippen molar-refractivity contribution >= 4 is 17.5 Å². The van der Waals surface area contributed by atoms with Gasteiger partial charge in [0.05, 0.1) is 12.0 Å². The molecule has 1 aromatic carbocycles. The van der Waals surface area contributed by atoms with Crippen molar-refractivity contribution in [2.75, 3.05) is 11.9 Å². The molecule has 2 atom stereocenters. The molecule has 5 heteroatoms. The standard InChI is InChI=1S/C17H22N2O3/c1-3-22-15-9-13(15)17(21)19-14-8-11(5-4-10(14)2)16(20)18-12-6-7-12/h4-5,8,12-13,15H,3,6-7,9H2,1-2H3,(H,18,20)(H,19,21). The maximum atomic E-state index is 12.2. The molecular weight excluding hydrogens is 280 g/mol. The minimum absolute atomic E-state index is 0.0266. The first-order chi connectivity index (χ1) is 10.6. The van der Waals surface area contributed by atoms with Crippen molar-refractivity contribution in [3.8, 4) is 0 Å². The third-order valence-electron chi connectivity index (χ3n) is 4.12. The van der Waals surface area contributed by atoms with Gasteiger partial charge in [0.15, 0.2) is 0 Å². The molecular formula is C17H22N2O3. The average molecular weight is 302 g/mol. The Morgan fingerprint density at radius 3 is 2.77 bits per heavy atom. The van der Waals surface area contributed by atoms with Gasteiger partial charge in [-0.2, -0.15) is 0 Å². The highest BCUT2D eigenvalue weighted by atomic mass is 16.5. The zero-order chi connectivity index (χ0) is 15.7. The molecule has 0 spiro atoms. The van der Waals surface area contributed by atoms with Crippen molar-refractivity contribution in [1.82, 2.24) is 5.32 Å². The van der Waals surface area contributed by atoms with Gasteiger partial charge in [0.1, 0.15) is 0 Å². The second-order valence-corrected chi connectivity index (χ2v) is 6.10. The van der Waals surface area contributed by atoms with Crippen LogP contribution in [0.15, 0.2) is 18.2 Å². The minimum atomic E-state index is -0.0726. The summed E-state index contributed by atoms with van der Waals surface area (Å²) in [5, 5.41) is 5.88. The maximum absolute atomic E-state index is 12.2. The number of hydrogen-bond acceptors (Lipinski definition) is 3. The topological polar surface area (TPSA) is 67.4 Å². The first-order valence-corrected chi connectivity index (χ1v) is 7.92. The van der Waals surface area contributed by atoms with Crippen LogP contribution in [0.5, 0.6) is 0 Å². The molecule has 2 unspecified atom stereocenters.